The molecule has 100 valence electrons. The third-order valence-corrected chi connectivity index (χ3v) is 3.49. The van der Waals surface area contributed by atoms with Crippen molar-refractivity contribution in [2.45, 2.75) is 25.8 Å². The number of nitrogens with zero attached hydrogens (tertiary/aromatic N) is 3. The molecule has 5 heteroatoms. The summed E-state index contributed by atoms with van der Waals surface area (Å²) in [7, 11) is 0. The molecule has 0 amide bonds. The summed E-state index contributed by atoms with van der Waals surface area (Å²) in [5.74, 6) is 2.48. The van der Waals surface area contributed by atoms with E-state index < -0.39 is 0 Å². The Morgan fingerprint density at radius 2 is 1.89 bits per heavy atom. The maximum atomic E-state index is 5.90. The standard InChI is InChI=1S/C14H18N4O/c1-10-2-3-13(19-10)11-8-16-14(17-9-11)18-6-4-12(15)5-7-18/h2-3,8-9,12H,4-7,15H2,1H3. The van der Waals surface area contributed by atoms with Gasteiger partial charge in [-0.3, -0.25) is 0 Å². The molecule has 2 aromatic rings. The van der Waals surface area contributed by atoms with Crippen LogP contribution in [-0.4, -0.2) is 29.1 Å². The summed E-state index contributed by atoms with van der Waals surface area (Å²) in [5, 5.41) is 0. The lowest BCUT2D eigenvalue weighted by Crippen LogP contribution is -2.40. The lowest BCUT2D eigenvalue weighted by molar-refractivity contribution is 0.495. The lowest BCUT2D eigenvalue weighted by Gasteiger charge is -2.29. The fraction of sp³-hybridized carbons (Fsp3) is 0.429. The molecule has 0 unspecified atom stereocenters. The van der Waals surface area contributed by atoms with Crippen molar-refractivity contribution in [3.05, 3.63) is 30.3 Å². The van der Waals surface area contributed by atoms with Crippen molar-refractivity contribution in [1.82, 2.24) is 9.97 Å². The summed E-state index contributed by atoms with van der Waals surface area (Å²) in [6, 6.07) is 4.20. The van der Waals surface area contributed by atoms with Gasteiger partial charge in [0.2, 0.25) is 5.95 Å². The summed E-state index contributed by atoms with van der Waals surface area (Å²) in [5.41, 5.74) is 6.81. The van der Waals surface area contributed by atoms with Crippen molar-refractivity contribution in [2.24, 2.45) is 5.73 Å². The van der Waals surface area contributed by atoms with Crippen LogP contribution in [-0.2, 0) is 0 Å². The zero-order valence-corrected chi connectivity index (χ0v) is 11.0. The number of rotatable bonds is 2. The van der Waals surface area contributed by atoms with Gasteiger partial charge in [0, 0.05) is 31.5 Å². The van der Waals surface area contributed by atoms with Gasteiger partial charge in [-0.05, 0) is 31.9 Å². The van der Waals surface area contributed by atoms with Crippen molar-refractivity contribution in [2.75, 3.05) is 18.0 Å². The summed E-state index contributed by atoms with van der Waals surface area (Å²) < 4.78 is 5.56. The molecule has 19 heavy (non-hydrogen) atoms. The molecule has 3 heterocycles. The monoisotopic (exact) mass is 258 g/mol. The molecule has 0 saturated carbocycles. The minimum atomic E-state index is 0.321. The van der Waals surface area contributed by atoms with E-state index in [0.717, 1.165) is 49.0 Å². The molecular weight excluding hydrogens is 240 g/mol. The zero-order valence-electron chi connectivity index (χ0n) is 11.0. The third-order valence-electron chi connectivity index (χ3n) is 3.49. The van der Waals surface area contributed by atoms with Gasteiger partial charge in [0.05, 0.1) is 5.56 Å². The second kappa shape index (κ2) is 5.01. The first-order valence-electron chi connectivity index (χ1n) is 6.62. The summed E-state index contributed by atoms with van der Waals surface area (Å²) >= 11 is 0. The molecule has 0 atom stereocenters. The Kier molecular flexibility index (Phi) is 3.21. The van der Waals surface area contributed by atoms with Crippen LogP contribution in [0.3, 0.4) is 0 Å². The highest BCUT2D eigenvalue weighted by atomic mass is 16.3. The largest absolute Gasteiger partial charge is 0.461 e. The maximum Gasteiger partial charge on any atom is 0.225 e. The molecule has 0 aliphatic carbocycles. The number of furan rings is 1. The van der Waals surface area contributed by atoms with E-state index >= 15 is 0 Å². The quantitative estimate of drug-likeness (QED) is 0.892. The van der Waals surface area contributed by atoms with Gasteiger partial charge < -0.3 is 15.1 Å². The van der Waals surface area contributed by atoms with Gasteiger partial charge in [0.15, 0.2) is 0 Å². The molecule has 0 spiro atoms. The van der Waals surface area contributed by atoms with Crippen LogP contribution < -0.4 is 10.6 Å². The van der Waals surface area contributed by atoms with E-state index in [0.29, 0.717) is 6.04 Å². The van der Waals surface area contributed by atoms with Gasteiger partial charge in [-0.2, -0.15) is 0 Å². The third kappa shape index (κ3) is 2.61. The molecule has 1 aliphatic heterocycles. The molecule has 0 aromatic carbocycles. The molecule has 2 N–H and O–H groups in total. The lowest BCUT2D eigenvalue weighted by atomic mass is 10.1. The molecule has 0 bridgehead atoms. The fourth-order valence-electron chi connectivity index (χ4n) is 2.30. The van der Waals surface area contributed by atoms with E-state index in [1.165, 1.54) is 0 Å². The van der Waals surface area contributed by atoms with Crippen LogP contribution in [0.4, 0.5) is 5.95 Å². The van der Waals surface area contributed by atoms with Crippen LogP contribution in [0.1, 0.15) is 18.6 Å². The maximum absolute atomic E-state index is 5.90. The Bertz CT molecular complexity index is 541. The molecule has 2 aromatic heterocycles. The number of aromatic nitrogens is 2. The number of anilines is 1. The second-order valence-corrected chi connectivity index (χ2v) is 5.01. The number of aryl methyl sites for hydroxylation is 1. The summed E-state index contributed by atoms with van der Waals surface area (Å²) in [4.78, 5) is 11.0. The van der Waals surface area contributed by atoms with Gasteiger partial charge in [-0.25, -0.2) is 9.97 Å². The van der Waals surface area contributed by atoms with E-state index in [-0.39, 0.29) is 0 Å². The predicted molar refractivity (Wildman–Crippen MR) is 73.9 cm³/mol. The van der Waals surface area contributed by atoms with E-state index in [2.05, 4.69) is 14.9 Å². The van der Waals surface area contributed by atoms with Crippen molar-refractivity contribution < 1.29 is 4.42 Å². The first kappa shape index (κ1) is 12.2. The van der Waals surface area contributed by atoms with Gasteiger partial charge >= 0.3 is 0 Å². The molecule has 0 radical (unpaired) electrons. The number of piperidine rings is 1. The Morgan fingerprint density at radius 1 is 1.21 bits per heavy atom. The van der Waals surface area contributed by atoms with Crippen LogP contribution in [0, 0.1) is 6.92 Å². The summed E-state index contributed by atoms with van der Waals surface area (Å²) in [6.45, 7) is 3.79. The molecule has 5 nitrogen and oxygen atoms in total. The van der Waals surface area contributed by atoms with E-state index in [9.17, 15) is 0 Å². The Balaban J connectivity index is 1.75. The normalized spacial score (nSPS) is 16.8. The van der Waals surface area contributed by atoms with Crippen LogP contribution in [0.5, 0.6) is 0 Å². The van der Waals surface area contributed by atoms with Crippen LogP contribution in [0.2, 0.25) is 0 Å². The minimum Gasteiger partial charge on any atom is -0.461 e. The Hall–Kier alpha value is -1.88. The minimum absolute atomic E-state index is 0.321. The first-order chi connectivity index (χ1) is 9.22. The van der Waals surface area contributed by atoms with E-state index in [1.54, 1.807) is 0 Å². The van der Waals surface area contributed by atoms with E-state index in [1.807, 2.05) is 31.5 Å². The SMILES string of the molecule is Cc1ccc(-c2cnc(N3CCC(N)CC3)nc2)o1. The van der Waals surface area contributed by atoms with Crippen molar-refractivity contribution in [3.8, 4) is 11.3 Å². The molecule has 1 aliphatic rings. The molecule has 3 rings (SSSR count). The number of nitrogens with two attached hydrogens (primary N) is 1. The van der Waals surface area contributed by atoms with E-state index in [4.69, 9.17) is 10.2 Å². The number of hydrogen-bond acceptors (Lipinski definition) is 5. The highest BCUT2D eigenvalue weighted by Gasteiger charge is 2.18. The predicted octanol–water partition coefficient (Wildman–Crippen LogP) is 1.97. The van der Waals surface area contributed by atoms with Crippen molar-refractivity contribution in [1.29, 1.82) is 0 Å². The first-order valence-corrected chi connectivity index (χ1v) is 6.62. The molecular formula is C14H18N4O. The van der Waals surface area contributed by atoms with Gasteiger partial charge in [-0.15, -0.1) is 0 Å². The zero-order chi connectivity index (χ0) is 13.2. The average Bonchev–Trinajstić information content (AvgIpc) is 2.87. The topological polar surface area (TPSA) is 68.2 Å². The number of hydrogen-bond donors (Lipinski definition) is 1. The van der Waals surface area contributed by atoms with Gasteiger partial charge in [-0.1, -0.05) is 0 Å². The van der Waals surface area contributed by atoms with Crippen LogP contribution >= 0.6 is 0 Å². The Labute approximate surface area is 112 Å². The highest BCUT2D eigenvalue weighted by Crippen LogP contribution is 2.22. The van der Waals surface area contributed by atoms with Crippen LogP contribution in [0.25, 0.3) is 11.3 Å². The molecule has 1 fully saturated rings. The average molecular weight is 258 g/mol. The smallest absolute Gasteiger partial charge is 0.225 e. The van der Waals surface area contributed by atoms with Gasteiger partial charge in [0.1, 0.15) is 11.5 Å². The van der Waals surface area contributed by atoms with Crippen molar-refractivity contribution >= 4 is 5.95 Å². The summed E-state index contributed by atoms with van der Waals surface area (Å²) in [6.07, 6.45) is 5.63. The second-order valence-electron chi connectivity index (χ2n) is 5.01. The fourth-order valence-corrected chi connectivity index (χ4v) is 2.30. The van der Waals surface area contributed by atoms with Gasteiger partial charge in [0.25, 0.3) is 0 Å². The Morgan fingerprint density at radius 3 is 2.47 bits per heavy atom. The highest BCUT2D eigenvalue weighted by molar-refractivity contribution is 5.56. The van der Waals surface area contributed by atoms with Crippen LogP contribution in [0.15, 0.2) is 28.9 Å². The molecule has 1 saturated heterocycles. The van der Waals surface area contributed by atoms with Crippen molar-refractivity contribution in [3.63, 3.8) is 0 Å².